The molecule has 0 saturated carbocycles. The van der Waals surface area contributed by atoms with Crippen molar-refractivity contribution in [3.05, 3.63) is 40.4 Å². The van der Waals surface area contributed by atoms with Crippen molar-refractivity contribution in [2.75, 3.05) is 19.5 Å². The van der Waals surface area contributed by atoms with Gasteiger partial charge in [0.25, 0.3) is 0 Å². The maximum absolute atomic E-state index is 6.16. The second-order valence-corrected chi connectivity index (χ2v) is 4.44. The highest BCUT2D eigenvalue weighted by Crippen LogP contribution is 2.32. The minimum atomic E-state index is 0.500. The van der Waals surface area contributed by atoms with Crippen LogP contribution in [0, 0.1) is 0 Å². The average Bonchev–Trinajstić information content (AvgIpc) is 2.39. The number of ether oxygens (including phenoxy) is 1. The van der Waals surface area contributed by atoms with Gasteiger partial charge >= 0.3 is 0 Å². The molecule has 0 fully saturated rings. The van der Waals surface area contributed by atoms with Gasteiger partial charge in [-0.15, -0.1) is 0 Å². The molecule has 2 aromatic rings. The minimum Gasteiger partial charge on any atom is -0.497 e. The first-order valence-corrected chi connectivity index (χ1v) is 6.09. The first kappa shape index (κ1) is 13.0. The fourth-order valence-corrected chi connectivity index (χ4v) is 2.16. The lowest BCUT2D eigenvalue weighted by molar-refractivity contribution is 0.415. The molecule has 0 spiro atoms. The summed E-state index contributed by atoms with van der Waals surface area (Å²) in [5, 5.41) is 3.95. The SMILES string of the molecule is CNc1nc(-c2ccc(OC)cc2)c(Cl)cc1Cl. The van der Waals surface area contributed by atoms with Crippen LogP contribution in [-0.4, -0.2) is 19.1 Å². The Balaban J connectivity index is 2.48. The number of anilines is 1. The molecule has 0 bridgehead atoms. The third-order valence-electron chi connectivity index (χ3n) is 2.53. The van der Waals surface area contributed by atoms with E-state index in [-0.39, 0.29) is 0 Å². The molecule has 1 heterocycles. The van der Waals surface area contributed by atoms with E-state index in [9.17, 15) is 0 Å². The number of aromatic nitrogens is 1. The zero-order valence-electron chi connectivity index (χ0n) is 10.00. The van der Waals surface area contributed by atoms with Gasteiger partial charge in [0.1, 0.15) is 11.6 Å². The van der Waals surface area contributed by atoms with Gasteiger partial charge in [-0.25, -0.2) is 4.98 Å². The molecule has 0 aliphatic carbocycles. The van der Waals surface area contributed by atoms with Gasteiger partial charge in [-0.05, 0) is 30.3 Å². The quantitative estimate of drug-likeness (QED) is 0.920. The smallest absolute Gasteiger partial charge is 0.145 e. The third-order valence-corrected chi connectivity index (χ3v) is 3.11. The van der Waals surface area contributed by atoms with Crippen molar-refractivity contribution in [3.63, 3.8) is 0 Å². The predicted octanol–water partition coefficient (Wildman–Crippen LogP) is 4.11. The number of hydrogen-bond donors (Lipinski definition) is 1. The molecular weight excluding hydrogens is 271 g/mol. The Kier molecular flexibility index (Phi) is 3.94. The summed E-state index contributed by atoms with van der Waals surface area (Å²) >= 11 is 12.2. The number of pyridine rings is 1. The van der Waals surface area contributed by atoms with E-state index in [0.717, 1.165) is 11.3 Å². The number of benzene rings is 1. The Morgan fingerprint density at radius 3 is 2.33 bits per heavy atom. The zero-order chi connectivity index (χ0) is 13.1. The first-order chi connectivity index (χ1) is 8.65. The number of halogens is 2. The molecule has 0 aliphatic rings. The largest absolute Gasteiger partial charge is 0.497 e. The van der Waals surface area contributed by atoms with Crippen molar-refractivity contribution in [3.8, 4) is 17.0 Å². The molecule has 94 valence electrons. The summed E-state index contributed by atoms with van der Waals surface area (Å²) in [6.07, 6.45) is 0. The highest BCUT2D eigenvalue weighted by atomic mass is 35.5. The second kappa shape index (κ2) is 5.46. The molecule has 0 amide bonds. The highest BCUT2D eigenvalue weighted by Gasteiger charge is 2.10. The van der Waals surface area contributed by atoms with E-state index in [1.165, 1.54) is 0 Å². The monoisotopic (exact) mass is 282 g/mol. The van der Waals surface area contributed by atoms with Crippen LogP contribution in [0.15, 0.2) is 30.3 Å². The van der Waals surface area contributed by atoms with Crippen LogP contribution in [0.4, 0.5) is 5.82 Å². The summed E-state index contributed by atoms with van der Waals surface area (Å²) in [6.45, 7) is 0. The Hall–Kier alpha value is -1.45. The Bertz CT molecular complexity index is 556. The van der Waals surface area contributed by atoms with Gasteiger partial charge in [0, 0.05) is 12.6 Å². The molecule has 0 radical (unpaired) electrons. The van der Waals surface area contributed by atoms with Crippen molar-refractivity contribution < 1.29 is 4.74 Å². The molecule has 1 aromatic carbocycles. The van der Waals surface area contributed by atoms with Crippen LogP contribution in [-0.2, 0) is 0 Å². The Morgan fingerprint density at radius 1 is 1.11 bits per heavy atom. The topological polar surface area (TPSA) is 34.2 Å². The fraction of sp³-hybridized carbons (Fsp3) is 0.154. The summed E-state index contributed by atoms with van der Waals surface area (Å²) in [5.41, 5.74) is 1.60. The van der Waals surface area contributed by atoms with Crippen molar-refractivity contribution in [2.24, 2.45) is 0 Å². The van der Waals surface area contributed by atoms with Crippen molar-refractivity contribution >= 4 is 29.0 Å². The summed E-state index contributed by atoms with van der Waals surface area (Å²) in [6, 6.07) is 9.21. The van der Waals surface area contributed by atoms with Gasteiger partial charge in [0.05, 0.1) is 22.8 Å². The summed E-state index contributed by atoms with van der Waals surface area (Å²) in [5.74, 6) is 1.39. The first-order valence-electron chi connectivity index (χ1n) is 5.34. The highest BCUT2D eigenvalue weighted by molar-refractivity contribution is 6.37. The van der Waals surface area contributed by atoms with Crippen LogP contribution in [0.2, 0.25) is 10.0 Å². The van der Waals surface area contributed by atoms with Crippen LogP contribution < -0.4 is 10.1 Å². The van der Waals surface area contributed by atoms with E-state index in [1.54, 1.807) is 20.2 Å². The summed E-state index contributed by atoms with van der Waals surface area (Å²) in [7, 11) is 3.39. The van der Waals surface area contributed by atoms with Gasteiger partial charge in [-0.3, -0.25) is 0 Å². The van der Waals surface area contributed by atoms with Crippen LogP contribution in [0.1, 0.15) is 0 Å². The number of nitrogens with zero attached hydrogens (tertiary/aromatic N) is 1. The van der Waals surface area contributed by atoms with Crippen LogP contribution in [0.3, 0.4) is 0 Å². The van der Waals surface area contributed by atoms with Gasteiger partial charge in [-0.1, -0.05) is 23.2 Å². The lowest BCUT2D eigenvalue weighted by atomic mass is 10.1. The average molecular weight is 283 g/mol. The van der Waals surface area contributed by atoms with Crippen molar-refractivity contribution in [1.29, 1.82) is 0 Å². The van der Waals surface area contributed by atoms with E-state index in [1.807, 2.05) is 24.3 Å². The van der Waals surface area contributed by atoms with Crippen LogP contribution >= 0.6 is 23.2 Å². The lowest BCUT2D eigenvalue weighted by Gasteiger charge is -2.09. The molecule has 0 atom stereocenters. The van der Waals surface area contributed by atoms with E-state index in [4.69, 9.17) is 27.9 Å². The van der Waals surface area contributed by atoms with Crippen molar-refractivity contribution in [1.82, 2.24) is 4.98 Å². The molecule has 0 aliphatic heterocycles. The van der Waals surface area contributed by atoms with Gasteiger partial charge in [-0.2, -0.15) is 0 Å². The van der Waals surface area contributed by atoms with Crippen LogP contribution in [0.25, 0.3) is 11.3 Å². The van der Waals surface area contributed by atoms with Gasteiger partial charge in [0.2, 0.25) is 0 Å². The molecule has 5 heteroatoms. The molecule has 3 nitrogen and oxygen atoms in total. The normalized spacial score (nSPS) is 10.2. The Morgan fingerprint density at radius 2 is 1.78 bits per heavy atom. The third kappa shape index (κ3) is 2.52. The van der Waals surface area contributed by atoms with Crippen LogP contribution in [0.5, 0.6) is 5.75 Å². The molecule has 2 rings (SSSR count). The van der Waals surface area contributed by atoms with Crippen molar-refractivity contribution in [2.45, 2.75) is 0 Å². The molecule has 0 saturated heterocycles. The molecule has 18 heavy (non-hydrogen) atoms. The molecule has 1 aromatic heterocycles. The van der Waals surface area contributed by atoms with E-state index in [2.05, 4.69) is 10.3 Å². The number of hydrogen-bond acceptors (Lipinski definition) is 3. The zero-order valence-corrected chi connectivity index (χ0v) is 11.5. The fourth-order valence-electron chi connectivity index (χ4n) is 1.59. The standard InChI is InChI=1S/C13H12Cl2N2O/c1-16-13-11(15)7-10(14)12(17-13)8-3-5-9(18-2)6-4-8/h3-7H,1-2H3,(H,16,17). The maximum Gasteiger partial charge on any atom is 0.145 e. The molecule has 0 unspecified atom stereocenters. The molecule has 1 N–H and O–H groups in total. The summed E-state index contributed by atoms with van der Waals surface area (Å²) < 4.78 is 5.11. The van der Waals surface area contributed by atoms with Gasteiger partial charge in [0.15, 0.2) is 0 Å². The minimum absolute atomic E-state index is 0.500. The lowest BCUT2D eigenvalue weighted by Crippen LogP contribution is -1.96. The molecular formula is C13H12Cl2N2O. The second-order valence-electron chi connectivity index (χ2n) is 3.63. The predicted molar refractivity (Wildman–Crippen MR) is 75.8 cm³/mol. The van der Waals surface area contributed by atoms with Gasteiger partial charge < -0.3 is 10.1 Å². The number of rotatable bonds is 3. The number of nitrogens with one attached hydrogen (secondary N) is 1. The van der Waals surface area contributed by atoms with E-state index >= 15 is 0 Å². The Labute approximate surface area is 116 Å². The van der Waals surface area contributed by atoms with E-state index in [0.29, 0.717) is 21.6 Å². The number of methoxy groups -OCH3 is 1. The summed E-state index contributed by atoms with van der Waals surface area (Å²) in [4.78, 5) is 4.40. The maximum atomic E-state index is 6.16. The van der Waals surface area contributed by atoms with E-state index < -0.39 is 0 Å².